The molecule has 0 atom stereocenters. The zero-order valence-corrected chi connectivity index (χ0v) is 14.7. The number of hydrogen-bond donors (Lipinski definition) is 0. The van der Waals surface area contributed by atoms with Crippen molar-refractivity contribution in [2.45, 2.75) is 26.9 Å². The van der Waals surface area contributed by atoms with Gasteiger partial charge >= 0.3 is 13.8 Å². The van der Waals surface area contributed by atoms with E-state index in [2.05, 4.69) is 4.99 Å². The van der Waals surface area contributed by atoms with Crippen LogP contribution >= 0.6 is 7.60 Å². The molecule has 1 aromatic rings. The summed E-state index contributed by atoms with van der Waals surface area (Å²) in [7, 11) is -3.43. The van der Waals surface area contributed by atoms with Crippen LogP contribution in [0.4, 0.5) is 18.9 Å². The van der Waals surface area contributed by atoms with Crippen molar-refractivity contribution >= 4 is 19.0 Å². The smallest absolute Gasteiger partial charge is 0.309 e. The molecule has 0 aromatic heterocycles. The van der Waals surface area contributed by atoms with E-state index in [0.29, 0.717) is 0 Å². The highest BCUT2D eigenvalue weighted by atomic mass is 31.2. The van der Waals surface area contributed by atoms with E-state index < -0.39 is 19.5 Å². The van der Waals surface area contributed by atoms with E-state index >= 15 is 0 Å². The standard InChI is InChI=1S/C16H21F3NO3P/c1-4-22-24(21,23-5-2)12-6-7-15(16(17,18)19)20-14-10-8-13(3)9-11-14/h6-11H,4-5,12H2,1-3H3/b7-6+,20-15?. The normalized spacial score (nSPS) is 13.7. The van der Waals surface area contributed by atoms with Crippen LogP contribution < -0.4 is 0 Å². The largest absolute Gasteiger partial charge is 0.433 e. The van der Waals surface area contributed by atoms with Gasteiger partial charge in [-0.2, -0.15) is 13.2 Å². The van der Waals surface area contributed by atoms with E-state index in [1.807, 2.05) is 6.92 Å². The Morgan fingerprint density at radius 1 is 1.17 bits per heavy atom. The second-order valence-electron chi connectivity index (χ2n) is 4.86. The number of aryl methyl sites for hydroxylation is 1. The van der Waals surface area contributed by atoms with Crippen molar-refractivity contribution in [2.75, 3.05) is 19.4 Å². The Bertz CT molecular complexity index is 614. The highest BCUT2D eigenvalue weighted by Crippen LogP contribution is 2.47. The van der Waals surface area contributed by atoms with Gasteiger partial charge in [0.2, 0.25) is 0 Å². The number of alkyl halides is 3. The lowest BCUT2D eigenvalue weighted by molar-refractivity contribution is -0.0576. The molecular formula is C16H21F3NO3P. The minimum Gasteiger partial charge on any atom is -0.309 e. The number of rotatable bonds is 8. The Balaban J connectivity index is 2.98. The molecule has 0 N–H and O–H groups in total. The summed E-state index contributed by atoms with van der Waals surface area (Å²) in [6.45, 7) is 5.39. The Labute approximate surface area is 139 Å². The van der Waals surface area contributed by atoms with Gasteiger partial charge in [-0.3, -0.25) is 4.57 Å². The first-order chi connectivity index (χ1) is 11.2. The Kier molecular flexibility index (Phi) is 7.87. The fourth-order valence-electron chi connectivity index (χ4n) is 1.78. The first kappa shape index (κ1) is 20.6. The molecule has 0 fully saturated rings. The van der Waals surface area contributed by atoms with Crippen LogP contribution in [0.2, 0.25) is 0 Å². The summed E-state index contributed by atoms with van der Waals surface area (Å²) in [5.41, 5.74) is 0.0358. The van der Waals surface area contributed by atoms with E-state index in [1.54, 1.807) is 26.0 Å². The zero-order valence-electron chi connectivity index (χ0n) is 13.8. The fourth-order valence-corrected chi connectivity index (χ4v) is 3.22. The first-order valence-corrected chi connectivity index (χ1v) is 9.20. The van der Waals surface area contributed by atoms with Crippen molar-refractivity contribution in [3.63, 3.8) is 0 Å². The van der Waals surface area contributed by atoms with Crippen molar-refractivity contribution in [2.24, 2.45) is 4.99 Å². The summed E-state index contributed by atoms with van der Waals surface area (Å²) in [6, 6.07) is 6.35. The van der Waals surface area contributed by atoms with Crippen molar-refractivity contribution < 1.29 is 26.8 Å². The maximum atomic E-state index is 13.1. The number of allylic oxidation sites excluding steroid dienone is 2. The highest BCUT2D eigenvalue weighted by molar-refractivity contribution is 7.54. The molecule has 0 aliphatic rings. The third kappa shape index (κ3) is 6.99. The van der Waals surface area contributed by atoms with Crippen LogP contribution in [-0.2, 0) is 13.6 Å². The van der Waals surface area contributed by atoms with E-state index in [0.717, 1.165) is 17.7 Å². The molecule has 8 heteroatoms. The SMILES string of the molecule is CCOP(=O)(C/C=C/C(=Nc1ccc(C)cc1)C(F)(F)F)OCC. The molecule has 0 spiro atoms. The van der Waals surface area contributed by atoms with Crippen molar-refractivity contribution in [1.82, 2.24) is 0 Å². The van der Waals surface area contributed by atoms with Crippen LogP contribution in [0.3, 0.4) is 0 Å². The maximum absolute atomic E-state index is 13.1. The molecule has 0 amide bonds. The number of nitrogens with zero attached hydrogens (tertiary/aromatic N) is 1. The maximum Gasteiger partial charge on any atom is 0.433 e. The summed E-state index contributed by atoms with van der Waals surface area (Å²) in [6.07, 6.45) is -2.96. The number of aliphatic imine (C=N–C) groups is 1. The minimum atomic E-state index is -4.62. The third-order valence-electron chi connectivity index (χ3n) is 2.83. The molecule has 24 heavy (non-hydrogen) atoms. The van der Waals surface area contributed by atoms with E-state index in [-0.39, 0.29) is 25.1 Å². The number of benzene rings is 1. The molecule has 0 aliphatic carbocycles. The monoisotopic (exact) mass is 363 g/mol. The van der Waals surface area contributed by atoms with Crippen molar-refractivity contribution in [3.05, 3.63) is 42.0 Å². The number of halogens is 3. The molecule has 4 nitrogen and oxygen atoms in total. The average molecular weight is 363 g/mol. The van der Waals surface area contributed by atoms with Crippen LogP contribution in [-0.4, -0.2) is 31.3 Å². The summed E-state index contributed by atoms with van der Waals surface area (Å²) < 4.78 is 61.5. The van der Waals surface area contributed by atoms with Crippen LogP contribution in [0, 0.1) is 6.92 Å². The average Bonchev–Trinajstić information content (AvgIpc) is 2.48. The predicted molar refractivity (Wildman–Crippen MR) is 89.2 cm³/mol. The molecule has 0 heterocycles. The summed E-state index contributed by atoms with van der Waals surface area (Å²) >= 11 is 0. The summed E-state index contributed by atoms with van der Waals surface area (Å²) in [4.78, 5) is 3.62. The highest BCUT2D eigenvalue weighted by Gasteiger charge is 2.34. The molecule has 1 rings (SSSR count). The second-order valence-corrected chi connectivity index (χ2v) is 6.97. The van der Waals surface area contributed by atoms with E-state index in [9.17, 15) is 17.7 Å². The van der Waals surface area contributed by atoms with Crippen LogP contribution in [0.25, 0.3) is 0 Å². The molecule has 0 radical (unpaired) electrons. The van der Waals surface area contributed by atoms with Crippen LogP contribution in [0.1, 0.15) is 19.4 Å². The van der Waals surface area contributed by atoms with Gasteiger partial charge in [-0.05, 0) is 39.0 Å². The van der Waals surface area contributed by atoms with Gasteiger partial charge < -0.3 is 9.05 Å². The van der Waals surface area contributed by atoms with E-state index in [1.165, 1.54) is 12.1 Å². The van der Waals surface area contributed by atoms with E-state index in [4.69, 9.17) is 9.05 Å². The van der Waals surface area contributed by atoms with Gasteiger partial charge in [0.05, 0.1) is 25.1 Å². The Morgan fingerprint density at radius 3 is 2.17 bits per heavy atom. The van der Waals surface area contributed by atoms with Gasteiger partial charge in [-0.1, -0.05) is 23.8 Å². The lowest BCUT2D eigenvalue weighted by Crippen LogP contribution is -2.20. The second kappa shape index (κ2) is 9.16. The predicted octanol–water partition coefficient (Wildman–Crippen LogP) is 5.45. The fraction of sp³-hybridized carbons (Fsp3) is 0.438. The van der Waals surface area contributed by atoms with Gasteiger partial charge in [0.1, 0.15) is 5.71 Å². The first-order valence-electron chi connectivity index (χ1n) is 7.47. The van der Waals surface area contributed by atoms with Gasteiger partial charge in [-0.25, -0.2) is 4.99 Å². The van der Waals surface area contributed by atoms with Crippen LogP contribution in [0.15, 0.2) is 41.4 Å². The van der Waals surface area contributed by atoms with Gasteiger partial charge in [0.25, 0.3) is 0 Å². The molecule has 134 valence electrons. The summed E-state index contributed by atoms with van der Waals surface area (Å²) in [5.74, 6) is 0. The molecular weight excluding hydrogens is 342 g/mol. The Hall–Kier alpha value is -1.43. The zero-order chi connectivity index (χ0) is 18.2. The lowest BCUT2D eigenvalue weighted by atomic mass is 10.2. The summed E-state index contributed by atoms with van der Waals surface area (Å²) in [5, 5.41) is 0. The lowest BCUT2D eigenvalue weighted by Gasteiger charge is -2.15. The molecule has 0 aliphatic heterocycles. The van der Waals surface area contributed by atoms with Gasteiger partial charge in [0.15, 0.2) is 0 Å². The van der Waals surface area contributed by atoms with Crippen LogP contribution in [0.5, 0.6) is 0 Å². The Morgan fingerprint density at radius 2 is 1.71 bits per heavy atom. The minimum absolute atomic E-state index is 0.148. The molecule has 0 bridgehead atoms. The molecule has 0 saturated carbocycles. The molecule has 0 saturated heterocycles. The molecule has 0 unspecified atom stereocenters. The van der Waals surface area contributed by atoms with Gasteiger partial charge in [0, 0.05) is 0 Å². The van der Waals surface area contributed by atoms with Gasteiger partial charge in [-0.15, -0.1) is 0 Å². The third-order valence-corrected chi connectivity index (χ3v) is 4.79. The topological polar surface area (TPSA) is 47.9 Å². The quantitative estimate of drug-likeness (QED) is 0.456. The number of hydrogen-bond acceptors (Lipinski definition) is 4. The molecule has 1 aromatic carbocycles. The van der Waals surface area contributed by atoms with Crippen molar-refractivity contribution in [3.8, 4) is 0 Å². The van der Waals surface area contributed by atoms with Crippen molar-refractivity contribution in [1.29, 1.82) is 0 Å².